The largest absolute Gasteiger partial charge is 0.352 e. The van der Waals surface area contributed by atoms with Crippen LogP contribution >= 0.6 is 11.6 Å². The smallest absolute Gasteiger partial charge is 0.293 e. The summed E-state index contributed by atoms with van der Waals surface area (Å²) in [7, 11) is 1.67. The van der Waals surface area contributed by atoms with Crippen LogP contribution in [0.1, 0.15) is 32.1 Å². The SMILES string of the molecule is Cn1cc(-c2ccc(F)cc2)nc(N2CCC3(CCCC(=O)N3c3ccc(Cl)c(F)c3)CC2)c1=O. The van der Waals surface area contributed by atoms with Crippen molar-refractivity contribution in [2.45, 2.75) is 37.6 Å². The van der Waals surface area contributed by atoms with Crippen LogP contribution in [0.4, 0.5) is 20.3 Å². The molecule has 2 aromatic carbocycles. The maximum atomic E-state index is 14.2. The number of piperidine rings is 2. The summed E-state index contributed by atoms with van der Waals surface area (Å²) in [6.45, 7) is 1.05. The summed E-state index contributed by atoms with van der Waals surface area (Å²) in [5, 5.41) is 0.0185. The Labute approximate surface area is 206 Å². The second-order valence-corrected chi connectivity index (χ2v) is 9.67. The number of anilines is 2. The molecule has 0 atom stereocenters. The van der Waals surface area contributed by atoms with E-state index in [9.17, 15) is 18.4 Å². The first-order valence-corrected chi connectivity index (χ1v) is 12.0. The van der Waals surface area contributed by atoms with Crippen molar-refractivity contribution in [3.63, 3.8) is 0 Å². The number of nitrogens with zero attached hydrogens (tertiary/aromatic N) is 4. The van der Waals surface area contributed by atoms with Gasteiger partial charge >= 0.3 is 0 Å². The number of benzene rings is 2. The number of aromatic nitrogens is 2. The summed E-state index contributed by atoms with van der Waals surface area (Å²) in [5.41, 5.74) is 1.13. The lowest BCUT2D eigenvalue weighted by Crippen LogP contribution is -2.60. The number of carbonyl (C=O) groups is 1. The number of amides is 1. The number of rotatable bonds is 3. The third-order valence-corrected chi connectivity index (χ3v) is 7.41. The topological polar surface area (TPSA) is 58.4 Å². The molecular formula is C26H25ClF2N4O2. The molecule has 5 rings (SSSR count). The molecule has 9 heteroatoms. The van der Waals surface area contributed by atoms with Gasteiger partial charge in [0.1, 0.15) is 11.6 Å². The second-order valence-electron chi connectivity index (χ2n) is 9.27. The summed E-state index contributed by atoms with van der Waals surface area (Å²) in [4.78, 5) is 34.3. The average Bonchev–Trinajstić information content (AvgIpc) is 2.84. The van der Waals surface area contributed by atoms with Crippen LogP contribution < -0.4 is 15.4 Å². The Morgan fingerprint density at radius 2 is 1.71 bits per heavy atom. The van der Waals surface area contributed by atoms with Gasteiger partial charge in [-0.25, -0.2) is 13.8 Å². The first kappa shape index (κ1) is 23.5. The zero-order valence-corrected chi connectivity index (χ0v) is 20.1. The highest BCUT2D eigenvalue weighted by Gasteiger charge is 2.45. The highest BCUT2D eigenvalue weighted by Crippen LogP contribution is 2.42. The van der Waals surface area contributed by atoms with Crippen LogP contribution in [0.5, 0.6) is 0 Å². The van der Waals surface area contributed by atoms with E-state index in [0.717, 1.165) is 12.8 Å². The zero-order valence-electron chi connectivity index (χ0n) is 19.3. The summed E-state index contributed by atoms with van der Waals surface area (Å²) in [6, 6.07) is 10.5. The highest BCUT2D eigenvalue weighted by atomic mass is 35.5. The van der Waals surface area contributed by atoms with E-state index in [-0.39, 0.29) is 22.3 Å². The molecular weight excluding hydrogens is 474 g/mol. The third-order valence-electron chi connectivity index (χ3n) is 7.11. The van der Waals surface area contributed by atoms with Crippen molar-refractivity contribution in [1.29, 1.82) is 0 Å². The Balaban J connectivity index is 1.44. The number of carbonyl (C=O) groups excluding carboxylic acids is 1. The van der Waals surface area contributed by atoms with E-state index in [1.807, 2.05) is 4.90 Å². The first-order valence-electron chi connectivity index (χ1n) is 11.6. The van der Waals surface area contributed by atoms with Crippen molar-refractivity contribution in [2.75, 3.05) is 22.9 Å². The van der Waals surface area contributed by atoms with Gasteiger partial charge in [0.2, 0.25) is 5.91 Å². The fraction of sp³-hybridized carbons (Fsp3) is 0.346. The Bertz CT molecular complexity index is 1330. The molecule has 3 heterocycles. The lowest BCUT2D eigenvalue weighted by molar-refractivity contribution is -0.121. The quantitative estimate of drug-likeness (QED) is 0.513. The fourth-order valence-corrected chi connectivity index (χ4v) is 5.38. The van der Waals surface area contributed by atoms with Crippen LogP contribution in [0.3, 0.4) is 0 Å². The van der Waals surface area contributed by atoms with Gasteiger partial charge < -0.3 is 14.4 Å². The predicted molar refractivity (Wildman–Crippen MR) is 132 cm³/mol. The van der Waals surface area contributed by atoms with Gasteiger partial charge in [0.15, 0.2) is 5.82 Å². The number of hydrogen-bond donors (Lipinski definition) is 0. The minimum atomic E-state index is -0.555. The molecule has 2 saturated heterocycles. The molecule has 2 aliphatic rings. The maximum absolute atomic E-state index is 14.2. The molecule has 35 heavy (non-hydrogen) atoms. The van der Waals surface area contributed by atoms with Crippen LogP contribution in [0.25, 0.3) is 11.3 Å². The lowest BCUT2D eigenvalue weighted by Gasteiger charge is -2.51. The molecule has 1 amide bonds. The van der Waals surface area contributed by atoms with Crippen LogP contribution in [0.2, 0.25) is 5.02 Å². The fourth-order valence-electron chi connectivity index (χ4n) is 5.26. The molecule has 0 radical (unpaired) electrons. The standard InChI is InChI=1S/C26H25ClF2N4O2/c1-31-16-22(17-4-6-18(28)7-5-17)30-24(25(31)35)32-13-11-26(12-14-32)10-2-3-23(34)33(26)19-8-9-20(27)21(29)15-19/h4-9,15-16H,2-3,10-14H2,1H3. The van der Waals surface area contributed by atoms with Crippen molar-refractivity contribution < 1.29 is 13.6 Å². The zero-order chi connectivity index (χ0) is 24.7. The Kier molecular flexibility index (Phi) is 6.09. The molecule has 0 N–H and O–H groups in total. The lowest BCUT2D eigenvalue weighted by atomic mass is 9.78. The number of hydrogen-bond acceptors (Lipinski definition) is 4. The van der Waals surface area contributed by atoms with Crippen molar-refractivity contribution in [2.24, 2.45) is 7.05 Å². The van der Waals surface area contributed by atoms with E-state index in [1.165, 1.54) is 28.8 Å². The summed E-state index contributed by atoms with van der Waals surface area (Å²) < 4.78 is 29.1. The van der Waals surface area contributed by atoms with Gasteiger partial charge in [-0.2, -0.15) is 0 Å². The van der Waals surface area contributed by atoms with E-state index in [4.69, 9.17) is 11.6 Å². The molecule has 3 aromatic rings. The van der Waals surface area contributed by atoms with E-state index < -0.39 is 11.4 Å². The molecule has 2 aliphatic heterocycles. The first-order chi connectivity index (χ1) is 16.8. The number of aryl methyl sites for hydroxylation is 1. The van der Waals surface area contributed by atoms with Gasteiger partial charge in [-0.15, -0.1) is 0 Å². The monoisotopic (exact) mass is 498 g/mol. The van der Waals surface area contributed by atoms with Crippen molar-refractivity contribution in [3.8, 4) is 11.3 Å². The van der Waals surface area contributed by atoms with Crippen LogP contribution in [0.15, 0.2) is 53.5 Å². The van der Waals surface area contributed by atoms with Gasteiger partial charge in [-0.3, -0.25) is 9.59 Å². The van der Waals surface area contributed by atoms with Crippen LogP contribution in [-0.4, -0.2) is 34.1 Å². The van der Waals surface area contributed by atoms with Crippen molar-refractivity contribution in [3.05, 3.63) is 75.7 Å². The Morgan fingerprint density at radius 1 is 1.00 bits per heavy atom. The molecule has 0 saturated carbocycles. The molecule has 6 nitrogen and oxygen atoms in total. The minimum absolute atomic E-state index is 0.0185. The summed E-state index contributed by atoms with van der Waals surface area (Å²) >= 11 is 5.87. The molecule has 0 aliphatic carbocycles. The Hall–Kier alpha value is -3.26. The van der Waals surface area contributed by atoms with Crippen molar-refractivity contribution in [1.82, 2.24) is 9.55 Å². The van der Waals surface area contributed by atoms with E-state index in [1.54, 1.807) is 36.3 Å². The molecule has 1 aromatic heterocycles. The van der Waals surface area contributed by atoms with E-state index in [0.29, 0.717) is 55.1 Å². The van der Waals surface area contributed by atoms with Gasteiger partial charge in [0.05, 0.1) is 16.3 Å². The van der Waals surface area contributed by atoms with E-state index >= 15 is 0 Å². The van der Waals surface area contributed by atoms with Crippen LogP contribution in [-0.2, 0) is 11.8 Å². The van der Waals surface area contributed by atoms with Crippen LogP contribution in [0, 0.1) is 11.6 Å². The molecule has 0 unspecified atom stereocenters. The second kappa shape index (κ2) is 9.07. The average molecular weight is 499 g/mol. The molecule has 1 spiro atoms. The van der Waals surface area contributed by atoms with Gasteiger partial charge in [-0.1, -0.05) is 11.6 Å². The van der Waals surface area contributed by atoms with Crippen molar-refractivity contribution >= 4 is 29.0 Å². The normalized spacial score (nSPS) is 17.8. The minimum Gasteiger partial charge on any atom is -0.352 e. The summed E-state index contributed by atoms with van der Waals surface area (Å²) in [5.74, 6) is -0.595. The van der Waals surface area contributed by atoms with E-state index in [2.05, 4.69) is 4.98 Å². The molecule has 0 bridgehead atoms. The third kappa shape index (κ3) is 4.31. The summed E-state index contributed by atoms with van der Waals surface area (Å²) in [6.07, 6.45) is 4.87. The maximum Gasteiger partial charge on any atom is 0.293 e. The predicted octanol–water partition coefficient (Wildman–Crippen LogP) is 4.94. The molecule has 2 fully saturated rings. The van der Waals surface area contributed by atoms with Gasteiger partial charge in [0, 0.05) is 44.0 Å². The highest BCUT2D eigenvalue weighted by molar-refractivity contribution is 6.30. The van der Waals surface area contributed by atoms with Gasteiger partial charge in [0.25, 0.3) is 5.56 Å². The number of halogens is 3. The Morgan fingerprint density at radius 3 is 2.40 bits per heavy atom. The molecule has 182 valence electrons. The van der Waals surface area contributed by atoms with Gasteiger partial charge in [-0.05, 0) is 68.1 Å².